The van der Waals surface area contributed by atoms with E-state index in [1.165, 1.54) is 0 Å². The number of aromatic amines is 1. The highest BCUT2D eigenvalue weighted by molar-refractivity contribution is 7.71. The van der Waals surface area contributed by atoms with Gasteiger partial charge in [0.05, 0.1) is 6.54 Å². The van der Waals surface area contributed by atoms with Crippen LogP contribution < -0.4 is 0 Å². The van der Waals surface area contributed by atoms with Crippen molar-refractivity contribution in [3.05, 3.63) is 17.4 Å². The highest BCUT2D eigenvalue weighted by atomic mass is 32.1. The van der Waals surface area contributed by atoms with Crippen LogP contribution in [0.5, 0.6) is 0 Å². The van der Waals surface area contributed by atoms with E-state index in [0.29, 0.717) is 11.3 Å². The summed E-state index contributed by atoms with van der Waals surface area (Å²) in [6.45, 7) is 1.43. The molecule has 2 aromatic rings. The molecule has 2 aromatic heterocycles. The van der Waals surface area contributed by atoms with E-state index in [1.54, 1.807) is 17.3 Å². The molecule has 0 aliphatic heterocycles. The standard InChI is InChI=1S/C5H7N7S/c13-5-8-9-10-12(5)2-1-11-3-6-7-4-11/h3-4H,1-2H2,(H,8,10,13). The lowest BCUT2D eigenvalue weighted by atomic mass is 10.6. The van der Waals surface area contributed by atoms with Gasteiger partial charge in [-0.2, -0.15) is 5.21 Å². The maximum atomic E-state index is 4.90. The Bertz CT molecular complexity index is 412. The van der Waals surface area contributed by atoms with Crippen LogP contribution in [0.1, 0.15) is 0 Å². The molecule has 1 N–H and O–H groups in total. The van der Waals surface area contributed by atoms with Crippen LogP contribution in [0.15, 0.2) is 12.7 Å². The molecule has 2 heterocycles. The van der Waals surface area contributed by atoms with Gasteiger partial charge in [0, 0.05) is 6.54 Å². The highest BCUT2D eigenvalue weighted by Gasteiger charge is 1.95. The fourth-order valence-electron chi connectivity index (χ4n) is 0.915. The molecule has 0 radical (unpaired) electrons. The maximum absolute atomic E-state index is 4.90. The van der Waals surface area contributed by atoms with E-state index in [2.05, 4.69) is 25.7 Å². The van der Waals surface area contributed by atoms with Gasteiger partial charge in [-0.05, 0) is 12.2 Å². The lowest BCUT2D eigenvalue weighted by Gasteiger charge is -2.00. The zero-order valence-electron chi connectivity index (χ0n) is 6.66. The molecule has 0 fully saturated rings. The van der Waals surface area contributed by atoms with Crippen molar-refractivity contribution in [2.24, 2.45) is 0 Å². The summed E-state index contributed by atoms with van der Waals surface area (Å²) in [5.41, 5.74) is 0. The van der Waals surface area contributed by atoms with Gasteiger partial charge in [-0.3, -0.25) is 0 Å². The molecule has 13 heavy (non-hydrogen) atoms. The smallest absolute Gasteiger partial charge is 0.238 e. The van der Waals surface area contributed by atoms with E-state index >= 15 is 0 Å². The number of nitrogens with one attached hydrogen (secondary N) is 1. The minimum Gasteiger partial charge on any atom is -0.318 e. The summed E-state index contributed by atoms with van der Waals surface area (Å²) in [4.78, 5) is 0. The third kappa shape index (κ3) is 1.78. The zero-order chi connectivity index (χ0) is 9.10. The van der Waals surface area contributed by atoms with Gasteiger partial charge in [-0.25, -0.2) is 4.68 Å². The van der Waals surface area contributed by atoms with Gasteiger partial charge in [-0.1, -0.05) is 10.3 Å². The van der Waals surface area contributed by atoms with Gasteiger partial charge in [0.2, 0.25) is 4.77 Å². The Balaban J connectivity index is 2.01. The average Bonchev–Trinajstić information content (AvgIpc) is 2.72. The van der Waals surface area contributed by atoms with Crippen molar-refractivity contribution in [1.29, 1.82) is 0 Å². The van der Waals surface area contributed by atoms with Crippen LogP contribution >= 0.6 is 12.2 Å². The third-order valence-electron chi connectivity index (χ3n) is 1.58. The van der Waals surface area contributed by atoms with Gasteiger partial charge in [0.15, 0.2) is 0 Å². The van der Waals surface area contributed by atoms with Crippen molar-refractivity contribution < 1.29 is 0 Å². The van der Waals surface area contributed by atoms with Gasteiger partial charge in [-0.15, -0.1) is 10.2 Å². The number of tetrazole rings is 1. The largest absolute Gasteiger partial charge is 0.318 e. The third-order valence-corrected chi connectivity index (χ3v) is 1.88. The molecule has 0 saturated heterocycles. The van der Waals surface area contributed by atoms with Crippen LogP contribution in [0.2, 0.25) is 0 Å². The minimum absolute atomic E-state index is 0.452. The van der Waals surface area contributed by atoms with Crippen LogP contribution in [0, 0.1) is 4.77 Å². The van der Waals surface area contributed by atoms with Crippen molar-refractivity contribution in [2.75, 3.05) is 0 Å². The molecular formula is C5H7N7S. The van der Waals surface area contributed by atoms with E-state index in [9.17, 15) is 0 Å². The molecule has 8 heteroatoms. The Morgan fingerprint density at radius 3 is 2.69 bits per heavy atom. The molecule has 0 bridgehead atoms. The lowest BCUT2D eigenvalue weighted by molar-refractivity contribution is 0.514. The monoisotopic (exact) mass is 197 g/mol. The summed E-state index contributed by atoms with van der Waals surface area (Å²) in [5.74, 6) is 0. The van der Waals surface area contributed by atoms with Gasteiger partial charge < -0.3 is 4.57 Å². The second-order valence-electron chi connectivity index (χ2n) is 2.43. The summed E-state index contributed by atoms with van der Waals surface area (Å²) in [6, 6.07) is 0. The van der Waals surface area contributed by atoms with Crippen molar-refractivity contribution in [3.63, 3.8) is 0 Å². The molecule has 0 saturated carbocycles. The number of hydrogen-bond donors (Lipinski definition) is 1. The number of rotatable bonds is 3. The second kappa shape index (κ2) is 3.44. The lowest BCUT2D eigenvalue weighted by Crippen LogP contribution is -2.07. The van der Waals surface area contributed by atoms with E-state index in [0.717, 1.165) is 6.54 Å². The quantitative estimate of drug-likeness (QED) is 0.679. The fraction of sp³-hybridized carbons (Fsp3) is 0.400. The number of H-pyrrole nitrogens is 1. The first-order chi connectivity index (χ1) is 6.36. The van der Waals surface area contributed by atoms with Crippen LogP contribution in [0.4, 0.5) is 0 Å². The predicted octanol–water partition coefficient (Wildman–Crippen LogP) is -0.373. The molecular weight excluding hydrogens is 190 g/mol. The predicted molar refractivity (Wildman–Crippen MR) is 45.2 cm³/mol. The molecule has 0 spiro atoms. The molecule has 68 valence electrons. The van der Waals surface area contributed by atoms with E-state index in [4.69, 9.17) is 12.2 Å². The van der Waals surface area contributed by atoms with E-state index in [1.807, 2.05) is 4.57 Å². The van der Waals surface area contributed by atoms with Gasteiger partial charge in [0.1, 0.15) is 12.7 Å². The number of hydrogen-bond acceptors (Lipinski definition) is 5. The number of aryl methyl sites for hydroxylation is 2. The molecule has 0 aliphatic rings. The summed E-state index contributed by atoms with van der Waals surface area (Å²) in [5, 5.41) is 17.2. The average molecular weight is 197 g/mol. The maximum Gasteiger partial charge on any atom is 0.238 e. The molecule has 0 unspecified atom stereocenters. The Labute approximate surface area is 78.4 Å². The normalized spacial score (nSPS) is 10.5. The molecule has 0 aromatic carbocycles. The highest BCUT2D eigenvalue weighted by Crippen LogP contribution is 1.88. The van der Waals surface area contributed by atoms with Crippen molar-refractivity contribution in [3.8, 4) is 0 Å². The fourth-order valence-corrected chi connectivity index (χ4v) is 1.09. The van der Waals surface area contributed by atoms with Gasteiger partial charge in [0.25, 0.3) is 0 Å². The molecule has 7 nitrogen and oxygen atoms in total. The van der Waals surface area contributed by atoms with Crippen LogP contribution in [-0.2, 0) is 13.1 Å². The number of nitrogens with zero attached hydrogens (tertiary/aromatic N) is 6. The van der Waals surface area contributed by atoms with Crippen LogP contribution in [0.25, 0.3) is 0 Å². The second-order valence-corrected chi connectivity index (χ2v) is 2.80. The minimum atomic E-state index is 0.452. The first kappa shape index (κ1) is 8.05. The topological polar surface area (TPSA) is 77.2 Å². The molecule has 0 aliphatic carbocycles. The zero-order valence-corrected chi connectivity index (χ0v) is 7.48. The molecule has 2 rings (SSSR count). The first-order valence-electron chi connectivity index (χ1n) is 3.66. The Morgan fingerprint density at radius 1 is 1.31 bits per heavy atom. The Hall–Kier alpha value is -1.57. The van der Waals surface area contributed by atoms with E-state index < -0.39 is 0 Å². The molecule has 0 amide bonds. The SMILES string of the molecule is S=c1nn[nH]n1CCn1cnnc1. The van der Waals surface area contributed by atoms with Crippen molar-refractivity contribution in [1.82, 2.24) is 35.0 Å². The van der Waals surface area contributed by atoms with Crippen LogP contribution in [-0.4, -0.2) is 35.0 Å². The van der Waals surface area contributed by atoms with E-state index in [-0.39, 0.29) is 0 Å². The first-order valence-corrected chi connectivity index (χ1v) is 4.07. The van der Waals surface area contributed by atoms with Gasteiger partial charge >= 0.3 is 0 Å². The Morgan fingerprint density at radius 2 is 2.08 bits per heavy atom. The number of aromatic nitrogens is 7. The summed E-state index contributed by atoms with van der Waals surface area (Å²) in [6.07, 6.45) is 3.29. The summed E-state index contributed by atoms with van der Waals surface area (Å²) in [7, 11) is 0. The van der Waals surface area contributed by atoms with Crippen molar-refractivity contribution >= 4 is 12.2 Å². The van der Waals surface area contributed by atoms with Crippen molar-refractivity contribution in [2.45, 2.75) is 13.1 Å². The Kier molecular flexibility index (Phi) is 2.13. The molecule has 0 atom stereocenters. The van der Waals surface area contributed by atoms with Crippen LogP contribution in [0.3, 0.4) is 0 Å². The summed E-state index contributed by atoms with van der Waals surface area (Å²) < 4.78 is 3.98. The summed E-state index contributed by atoms with van der Waals surface area (Å²) >= 11 is 4.90.